The molecule has 21 heavy (non-hydrogen) atoms. The van der Waals surface area contributed by atoms with Gasteiger partial charge in [0.25, 0.3) is 0 Å². The molecule has 0 radical (unpaired) electrons. The topological polar surface area (TPSA) is 41.6 Å². The number of hydrogen-bond donors (Lipinski definition) is 1. The van der Waals surface area contributed by atoms with Crippen molar-refractivity contribution in [2.24, 2.45) is 5.92 Å². The largest absolute Gasteiger partial charge is 0.496 e. The monoisotopic (exact) mass is 290 g/mol. The van der Waals surface area contributed by atoms with E-state index in [0.717, 1.165) is 37.4 Å². The Bertz CT molecular complexity index is 454. The molecule has 2 rings (SSSR count). The number of hydrogen-bond acceptors (Lipinski definition) is 3. The number of rotatable bonds is 6. The number of para-hydroxylation sites is 1. The summed E-state index contributed by atoms with van der Waals surface area (Å²) in [5.41, 5.74) is 1.09. The van der Waals surface area contributed by atoms with E-state index < -0.39 is 0 Å². The Labute approximate surface area is 127 Å². The zero-order chi connectivity index (χ0) is 15.1. The predicted octanol–water partition coefficient (Wildman–Crippen LogP) is 2.09. The second-order valence-corrected chi connectivity index (χ2v) is 5.86. The second kappa shape index (κ2) is 8.03. The molecular weight excluding hydrogens is 264 g/mol. The SMILES string of the molecule is COc1ccccc1CCC(=O)NCC1CCN(C)CC1. The van der Waals surface area contributed by atoms with Gasteiger partial charge in [-0.05, 0) is 56.9 Å². The van der Waals surface area contributed by atoms with Crippen LogP contribution in [-0.2, 0) is 11.2 Å². The molecule has 0 aromatic heterocycles. The Balaban J connectivity index is 1.70. The molecule has 4 heteroatoms. The van der Waals surface area contributed by atoms with Gasteiger partial charge < -0.3 is 15.0 Å². The Kier molecular flexibility index (Phi) is 6.05. The van der Waals surface area contributed by atoms with Crippen LogP contribution in [0.5, 0.6) is 5.75 Å². The van der Waals surface area contributed by atoms with Crippen molar-refractivity contribution in [3.63, 3.8) is 0 Å². The molecule has 1 N–H and O–H groups in total. The highest BCUT2D eigenvalue weighted by atomic mass is 16.5. The van der Waals surface area contributed by atoms with Gasteiger partial charge in [0.15, 0.2) is 0 Å². The highest BCUT2D eigenvalue weighted by Crippen LogP contribution is 2.19. The Hall–Kier alpha value is -1.55. The number of nitrogens with zero attached hydrogens (tertiary/aromatic N) is 1. The lowest BCUT2D eigenvalue weighted by Gasteiger charge is -2.28. The van der Waals surface area contributed by atoms with Gasteiger partial charge in [0.2, 0.25) is 5.91 Å². The number of ether oxygens (including phenoxy) is 1. The van der Waals surface area contributed by atoms with Gasteiger partial charge in [-0.25, -0.2) is 0 Å². The maximum Gasteiger partial charge on any atom is 0.220 e. The van der Waals surface area contributed by atoms with Crippen molar-refractivity contribution >= 4 is 5.91 Å². The van der Waals surface area contributed by atoms with Gasteiger partial charge in [0.05, 0.1) is 7.11 Å². The fourth-order valence-corrected chi connectivity index (χ4v) is 2.77. The van der Waals surface area contributed by atoms with E-state index >= 15 is 0 Å². The van der Waals surface area contributed by atoms with Gasteiger partial charge in [-0.3, -0.25) is 4.79 Å². The summed E-state index contributed by atoms with van der Waals surface area (Å²) < 4.78 is 5.31. The van der Waals surface area contributed by atoms with E-state index in [4.69, 9.17) is 4.74 Å². The van der Waals surface area contributed by atoms with Crippen molar-refractivity contribution in [2.75, 3.05) is 33.8 Å². The molecule has 1 saturated heterocycles. The maximum absolute atomic E-state index is 12.0. The van der Waals surface area contributed by atoms with Gasteiger partial charge in [-0.1, -0.05) is 18.2 Å². The third-order valence-corrected chi connectivity index (χ3v) is 4.24. The summed E-state index contributed by atoms with van der Waals surface area (Å²) in [4.78, 5) is 14.3. The van der Waals surface area contributed by atoms with Crippen molar-refractivity contribution in [1.82, 2.24) is 10.2 Å². The molecule has 0 bridgehead atoms. The van der Waals surface area contributed by atoms with Gasteiger partial charge in [0.1, 0.15) is 5.75 Å². The molecular formula is C17H26N2O2. The van der Waals surface area contributed by atoms with Crippen LogP contribution < -0.4 is 10.1 Å². The molecule has 1 aromatic rings. The number of amides is 1. The highest BCUT2D eigenvalue weighted by Gasteiger charge is 2.17. The van der Waals surface area contributed by atoms with E-state index in [2.05, 4.69) is 17.3 Å². The number of aryl methyl sites for hydroxylation is 1. The van der Waals surface area contributed by atoms with Crippen molar-refractivity contribution < 1.29 is 9.53 Å². The summed E-state index contributed by atoms with van der Waals surface area (Å²) >= 11 is 0. The fraction of sp³-hybridized carbons (Fsp3) is 0.588. The Morgan fingerprint density at radius 3 is 2.76 bits per heavy atom. The quantitative estimate of drug-likeness (QED) is 0.872. The average molecular weight is 290 g/mol. The van der Waals surface area contributed by atoms with Crippen molar-refractivity contribution in [3.05, 3.63) is 29.8 Å². The van der Waals surface area contributed by atoms with Gasteiger partial charge in [-0.2, -0.15) is 0 Å². The normalized spacial score (nSPS) is 16.7. The van der Waals surface area contributed by atoms with E-state index in [1.807, 2.05) is 24.3 Å². The first-order valence-electron chi connectivity index (χ1n) is 7.76. The van der Waals surface area contributed by atoms with Crippen LogP contribution >= 0.6 is 0 Å². The summed E-state index contributed by atoms with van der Waals surface area (Å²) in [6.07, 6.45) is 3.61. The molecule has 4 nitrogen and oxygen atoms in total. The standard InChI is InChI=1S/C17H26N2O2/c1-19-11-9-14(10-12-19)13-18-17(20)8-7-15-5-3-4-6-16(15)21-2/h3-6,14H,7-13H2,1-2H3,(H,18,20). The number of carbonyl (C=O) groups excluding carboxylic acids is 1. The van der Waals surface area contributed by atoms with Crippen LogP contribution in [0.3, 0.4) is 0 Å². The van der Waals surface area contributed by atoms with Crippen molar-refractivity contribution in [3.8, 4) is 5.75 Å². The highest BCUT2D eigenvalue weighted by molar-refractivity contribution is 5.76. The molecule has 0 spiro atoms. The number of methoxy groups -OCH3 is 1. The van der Waals surface area contributed by atoms with E-state index in [1.54, 1.807) is 7.11 Å². The number of benzene rings is 1. The summed E-state index contributed by atoms with van der Waals surface area (Å²) in [5.74, 6) is 1.64. The van der Waals surface area contributed by atoms with Crippen molar-refractivity contribution in [1.29, 1.82) is 0 Å². The molecule has 1 heterocycles. The average Bonchev–Trinajstić information content (AvgIpc) is 2.52. The molecule has 1 amide bonds. The minimum atomic E-state index is 0.139. The van der Waals surface area contributed by atoms with E-state index in [-0.39, 0.29) is 5.91 Å². The van der Waals surface area contributed by atoms with Crippen LogP contribution in [0.15, 0.2) is 24.3 Å². The molecule has 0 unspecified atom stereocenters. The Morgan fingerprint density at radius 2 is 2.05 bits per heavy atom. The summed E-state index contributed by atoms with van der Waals surface area (Å²) in [6, 6.07) is 7.88. The zero-order valence-electron chi connectivity index (χ0n) is 13.1. The first kappa shape index (κ1) is 15.8. The molecule has 1 aromatic carbocycles. The van der Waals surface area contributed by atoms with Gasteiger partial charge in [-0.15, -0.1) is 0 Å². The lowest BCUT2D eigenvalue weighted by Crippen LogP contribution is -2.36. The number of piperidine rings is 1. The van der Waals surface area contributed by atoms with Crippen LogP contribution in [0.25, 0.3) is 0 Å². The molecule has 1 aliphatic heterocycles. The van der Waals surface area contributed by atoms with E-state index in [1.165, 1.54) is 12.8 Å². The van der Waals surface area contributed by atoms with Crippen LogP contribution in [0.1, 0.15) is 24.8 Å². The first-order chi connectivity index (χ1) is 10.2. The smallest absolute Gasteiger partial charge is 0.220 e. The lowest BCUT2D eigenvalue weighted by molar-refractivity contribution is -0.121. The van der Waals surface area contributed by atoms with Gasteiger partial charge in [0, 0.05) is 13.0 Å². The fourth-order valence-electron chi connectivity index (χ4n) is 2.77. The minimum Gasteiger partial charge on any atom is -0.496 e. The maximum atomic E-state index is 12.0. The number of nitrogens with one attached hydrogen (secondary N) is 1. The third kappa shape index (κ3) is 5.05. The van der Waals surface area contributed by atoms with Crippen LogP contribution in [-0.4, -0.2) is 44.6 Å². The zero-order valence-corrected chi connectivity index (χ0v) is 13.1. The summed E-state index contributed by atoms with van der Waals surface area (Å²) in [7, 11) is 3.82. The predicted molar refractivity (Wildman–Crippen MR) is 84.5 cm³/mol. The lowest BCUT2D eigenvalue weighted by atomic mass is 9.97. The molecule has 116 valence electrons. The van der Waals surface area contributed by atoms with Gasteiger partial charge >= 0.3 is 0 Å². The second-order valence-electron chi connectivity index (χ2n) is 5.86. The third-order valence-electron chi connectivity index (χ3n) is 4.24. The minimum absolute atomic E-state index is 0.139. The number of carbonyl (C=O) groups is 1. The van der Waals surface area contributed by atoms with Crippen LogP contribution in [0.2, 0.25) is 0 Å². The van der Waals surface area contributed by atoms with Crippen LogP contribution in [0, 0.1) is 5.92 Å². The number of likely N-dealkylation sites (tertiary alicyclic amines) is 1. The van der Waals surface area contributed by atoms with Crippen molar-refractivity contribution in [2.45, 2.75) is 25.7 Å². The molecule has 1 aliphatic rings. The molecule has 0 atom stereocenters. The Morgan fingerprint density at radius 1 is 1.33 bits per heavy atom. The summed E-state index contributed by atoms with van der Waals surface area (Å²) in [5, 5.41) is 3.08. The van der Waals surface area contributed by atoms with Crippen LogP contribution in [0.4, 0.5) is 0 Å². The molecule has 0 aliphatic carbocycles. The molecule has 0 saturated carbocycles. The van der Waals surface area contributed by atoms with E-state index in [0.29, 0.717) is 12.3 Å². The summed E-state index contributed by atoms with van der Waals surface area (Å²) in [6.45, 7) is 3.10. The van der Waals surface area contributed by atoms with E-state index in [9.17, 15) is 4.79 Å². The molecule has 1 fully saturated rings. The first-order valence-corrected chi connectivity index (χ1v) is 7.76.